The molecule has 2 nitrogen and oxygen atoms in total. The van der Waals surface area contributed by atoms with Crippen LogP contribution in [0.15, 0.2) is 0 Å². The van der Waals surface area contributed by atoms with Crippen LogP contribution in [0.2, 0.25) is 19.6 Å². The second-order valence-corrected chi connectivity index (χ2v) is 14.1. The fraction of sp³-hybridized carbons (Fsp3) is 0.857. The lowest BCUT2D eigenvalue weighted by Crippen LogP contribution is -2.50. The zero-order valence-electron chi connectivity index (χ0n) is 13.4. The molecule has 2 atom stereocenters. The van der Waals surface area contributed by atoms with Gasteiger partial charge < -0.3 is 0 Å². The first-order valence-electron chi connectivity index (χ1n) is 6.52. The zero-order chi connectivity index (χ0) is 14.8. The van der Waals surface area contributed by atoms with E-state index < -0.39 is 24.6 Å². The maximum atomic E-state index is 12.3. The molecule has 4 heteroatoms. The van der Waals surface area contributed by atoms with Crippen LogP contribution in [-0.2, 0) is 11.0 Å². The fourth-order valence-electron chi connectivity index (χ4n) is 0.951. The Kier molecular flexibility index (Phi) is 5.86. The smallest absolute Gasteiger partial charge is 0.129 e. The summed E-state index contributed by atoms with van der Waals surface area (Å²) in [6.45, 7) is 18.9. The molecule has 0 saturated carbocycles. The first kappa shape index (κ1) is 17.9. The van der Waals surface area contributed by atoms with E-state index in [9.17, 15) is 4.21 Å². The number of hydrogen-bond acceptors (Lipinski definition) is 1. The third-order valence-corrected chi connectivity index (χ3v) is 5.31. The second kappa shape index (κ2) is 5.90. The average molecular weight is 288 g/mol. The highest BCUT2D eigenvalue weighted by Crippen LogP contribution is 2.20. The van der Waals surface area contributed by atoms with Gasteiger partial charge in [0.2, 0.25) is 0 Å². The van der Waals surface area contributed by atoms with Gasteiger partial charge in [0.25, 0.3) is 0 Å². The number of nitrogens with one attached hydrogen (secondary N) is 1. The van der Waals surface area contributed by atoms with E-state index in [2.05, 4.69) is 56.6 Å². The van der Waals surface area contributed by atoms with Gasteiger partial charge in [-0.3, -0.25) is 0 Å². The Bertz CT molecular complexity index is 368. The van der Waals surface area contributed by atoms with Crippen LogP contribution < -0.4 is 4.72 Å². The lowest BCUT2D eigenvalue weighted by atomic mass is 9.91. The van der Waals surface area contributed by atoms with Crippen LogP contribution in [-0.4, -0.2) is 22.6 Å². The summed E-state index contributed by atoms with van der Waals surface area (Å²) in [6.07, 6.45) is 0. The van der Waals surface area contributed by atoms with Crippen molar-refractivity contribution < 1.29 is 4.21 Å². The van der Waals surface area contributed by atoms with Gasteiger partial charge in [0.05, 0.1) is 21.3 Å². The van der Waals surface area contributed by atoms with Crippen molar-refractivity contribution in [2.45, 2.75) is 71.5 Å². The molecule has 0 fully saturated rings. The van der Waals surface area contributed by atoms with E-state index in [1.807, 2.05) is 20.8 Å². The zero-order valence-corrected chi connectivity index (χ0v) is 15.2. The first-order chi connectivity index (χ1) is 7.78. The minimum atomic E-state index is -1.41. The molecule has 0 aromatic heterocycles. The van der Waals surface area contributed by atoms with Crippen molar-refractivity contribution in [3.63, 3.8) is 0 Å². The molecule has 0 spiro atoms. The molecule has 106 valence electrons. The van der Waals surface area contributed by atoms with Crippen LogP contribution in [0.3, 0.4) is 0 Å². The summed E-state index contributed by atoms with van der Waals surface area (Å²) in [5.74, 6) is 3.66. The molecule has 0 unspecified atom stereocenters. The molecule has 1 N–H and O–H groups in total. The lowest BCUT2D eigenvalue weighted by Gasteiger charge is -2.32. The third kappa shape index (κ3) is 6.17. The molecule has 0 aliphatic heterocycles. The molecular weight excluding hydrogens is 258 g/mol. The topological polar surface area (TPSA) is 29.1 Å². The summed E-state index contributed by atoms with van der Waals surface area (Å²) in [6, 6.07) is 0. The summed E-state index contributed by atoms with van der Waals surface area (Å²) in [7, 11) is -2.50. The summed E-state index contributed by atoms with van der Waals surface area (Å²) < 4.78 is 15.2. The Balaban J connectivity index is 5.18. The quantitative estimate of drug-likeness (QED) is 0.626. The van der Waals surface area contributed by atoms with Crippen molar-refractivity contribution in [3.05, 3.63) is 0 Å². The van der Waals surface area contributed by atoms with Crippen LogP contribution in [0.5, 0.6) is 0 Å². The van der Waals surface area contributed by atoms with Gasteiger partial charge in [-0.15, -0.1) is 5.54 Å². The van der Waals surface area contributed by atoms with Gasteiger partial charge in [-0.25, -0.2) is 8.93 Å². The van der Waals surface area contributed by atoms with E-state index >= 15 is 0 Å². The van der Waals surface area contributed by atoms with E-state index in [1.54, 1.807) is 0 Å². The largest absolute Gasteiger partial charge is 0.242 e. The minimum absolute atomic E-state index is 0.267. The molecule has 0 saturated heterocycles. The van der Waals surface area contributed by atoms with E-state index in [1.165, 1.54) is 0 Å². The van der Waals surface area contributed by atoms with Gasteiger partial charge in [-0.2, -0.15) is 0 Å². The molecular formula is C14H29NOSSi. The summed E-state index contributed by atoms with van der Waals surface area (Å²) >= 11 is 0. The highest BCUT2D eigenvalue weighted by atomic mass is 32.2. The standard InChI is InChI=1S/C14H29NOSSi/c1-12(2)14(6,10-11-18(7,8)9)15-17(16)13(3,4)5/h12,15H,1-9H3/t14-,17+/m1/s1. The highest BCUT2D eigenvalue weighted by molar-refractivity contribution is 7.84. The van der Waals surface area contributed by atoms with Crippen molar-refractivity contribution in [2.75, 3.05) is 0 Å². The monoisotopic (exact) mass is 287 g/mol. The molecule has 0 aromatic rings. The molecule has 0 radical (unpaired) electrons. The van der Waals surface area contributed by atoms with Gasteiger partial charge in [-0.05, 0) is 33.6 Å². The molecule has 0 aliphatic rings. The lowest BCUT2D eigenvalue weighted by molar-refractivity contribution is 0.399. The number of hydrogen-bond donors (Lipinski definition) is 1. The molecule has 0 aromatic carbocycles. The van der Waals surface area contributed by atoms with Crippen LogP contribution in [0.4, 0.5) is 0 Å². The van der Waals surface area contributed by atoms with E-state index in [-0.39, 0.29) is 4.75 Å². The highest BCUT2D eigenvalue weighted by Gasteiger charge is 2.32. The van der Waals surface area contributed by atoms with Crippen molar-refractivity contribution >= 4 is 19.1 Å². The molecule has 18 heavy (non-hydrogen) atoms. The first-order valence-corrected chi connectivity index (χ1v) is 11.2. The van der Waals surface area contributed by atoms with Gasteiger partial charge >= 0.3 is 0 Å². The Morgan fingerprint density at radius 3 is 1.83 bits per heavy atom. The van der Waals surface area contributed by atoms with Crippen molar-refractivity contribution in [2.24, 2.45) is 5.92 Å². The van der Waals surface area contributed by atoms with Gasteiger partial charge in [-0.1, -0.05) is 39.4 Å². The van der Waals surface area contributed by atoms with Crippen LogP contribution >= 0.6 is 0 Å². The molecule has 0 amide bonds. The Morgan fingerprint density at radius 2 is 1.56 bits per heavy atom. The Morgan fingerprint density at radius 1 is 1.11 bits per heavy atom. The van der Waals surface area contributed by atoms with Crippen LogP contribution in [0, 0.1) is 17.4 Å². The molecule has 0 heterocycles. The predicted octanol–water partition coefficient (Wildman–Crippen LogP) is 3.33. The van der Waals surface area contributed by atoms with Gasteiger partial charge in [0.1, 0.15) is 8.07 Å². The van der Waals surface area contributed by atoms with Crippen molar-refractivity contribution in [1.82, 2.24) is 4.72 Å². The molecule has 0 rings (SSSR count). The van der Waals surface area contributed by atoms with Crippen molar-refractivity contribution in [3.8, 4) is 11.5 Å². The summed E-state index contributed by atoms with van der Waals surface area (Å²) in [5.41, 5.74) is 3.00. The SMILES string of the molecule is CC(C)[C@@](C)(C#C[Si](C)(C)C)N[S@@](=O)C(C)(C)C. The van der Waals surface area contributed by atoms with Crippen LogP contribution in [0.25, 0.3) is 0 Å². The minimum Gasteiger partial charge on any atom is -0.242 e. The number of rotatable bonds is 3. The summed E-state index contributed by atoms with van der Waals surface area (Å²) in [4.78, 5) is 0. The van der Waals surface area contributed by atoms with Crippen molar-refractivity contribution in [1.29, 1.82) is 0 Å². The maximum Gasteiger partial charge on any atom is 0.129 e. The normalized spacial score (nSPS) is 17.9. The van der Waals surface area contributed by atoms with Crippen LogP contribution in [0.1, 0.15) is 41.5 Å². The fourth-order valence-corrected chi connectivity index (χ4v) is 2.56. The Hall–Kier alpha value is -0.113. The predicted molar refractivity (Wildman–Crippen MR) is 85.4 cm³/mol. The molecule has 0 bridgehead atoms. The summed E-state index contributed by atoms with van der Waals surface area (Å²) in [5, 5.41) is 0. The van der Waals surface area contributed by atoms with E-state index in [4.69, 9.17) is 0 Å². The third-order valence-electron chi connectivity index (χ3n) is 2.71. The molecule has 0 aliphatic carbocycles. The van der Waals surface area contributed by atoms with Gasteiger partial charge in [0.15, 0.2) is 0 Å². The van der Waals surface area contributed by atoms with E-state index in [0.717, 1.165) is 0 Å². The van der Waals surface area contributed by atoms with E-state index in [0.29, 0.717) is 5.92 Å². The average Bonchev–Trinajstić information content (AvgIpc) is 2.11. The Labute approximate surface area is 117 Å². The van der Waals surface area contributed by atoms with Gasteiger partial charge in [0, 0.05) is 0 Å². The maximum absolute atomic E-state index is 12.3. The second-order valence-electron chi connectivity index (χ2n) is 7.34.